The second kappa shape index (κ2) is 8.57. The van der Waals surface area contributed by atoms with Crippen LogP contribution in [0.1, 0.15) is 63.6 Å². The van der Waals surface area contributed by atoms with Crippen molar-refractivity contribution < 1.29 is 0 Å². The van der Waals surface area contributed by atoms with E-state index in [0.29, 0.717) is 11.7 Å². The maximum atomic E-state index is 6.11. The average Bonchev–Trinajstić information content (AvgIpc) is 2.94. The third kappa shape index (κ3) is 4.40. The summed E-state index contributed by atoms with van der Waals surface area (Å²) in [5.74, 6) is 3.49. The highest BCUT2D eigenvalue weighted by atomic mass is 32.2. The average molecular weight is 335 g/mol. The summed E-state index contributed by atoms with van der Waals surface area (Å²) in [6.45, 7) is 9.72. The molecular weight excluding hydrogens is 304 g/mol. The highest BCUT2D eigenvalue weighted by molar-refractivity contribution is 7.99. The Morgan fingerprint density at radius 2 is 1.96 bits per heavy atom. The largest absolute Gasteiger partial charge is 0.382 e. The van der Waals surface area contributed by atoms with Crippen LogP contribution < -0.4 is 5.73 Å². The Balaban J connectivity index is 2.04. The summed E-state index contributed by atoms with van der Waals surface area (Å²) < 4.78 is 2.26. The number of thioether (sulfide) groups is 1. The van der Waals surface area contributed by atoms with Crippen molar-refractivity contribution in [2.45, 2.75) is 65.8 Å². The van der Waals surface area contributed by atoms with E-state index in [4.69, 9.17) is 5.73 Å². The molecule has 0 bridgehead atoms. The van der Waals surface area contributed by atoms with Gasteiger partial charge in [-0.05, 0) is 49.2 Å². The fourth-order valence-electron chi connectivity index (χ4n) is 2.92. The zero-order valence-electron chi connectivity index (χ0n) is 14.9. The predicted molar refractivity (Wildman–Crippen MR) is 102 cm³/mol. The van der Waals surface area contributed by atoms with E-state index in [2.05, 4.69) is 54.0 Å². The van der Waals surface area contributed by atoms with Gasteiger partial charge in [0, 0.05) is 6.54 Å². The lowest BCUT2D eigenvalue weighted by Gasteiger charge is -2.13. The summed E-state index contributed by atoms with van der Waals surface area (Å²) in [6.07, 6.45) is 6.99. The number of hydrogen-bond acceptors (Lipinski definition) is 4. The van der Waals surface area contributed by atoms with Gasteiger partial charge in [0.25, 0.3) is 0 Å². The van der Waals surface area contributed by atoms with Crippen LogP contribution in [0.4, 0.5) is 5.82 Å². The van der Waals surface area contributed by atoms with Crippen molar-refractivity contribution in [1.29, 1.82) is 0 Å². The first kappa shape index (κ1) is 18.1. The van der Waals surface area contributed by atoms with E-state index < -0.39 is 0 Å². The van der Waals surface area contributed by atoms with Crippen molar-refractivity contribution in [3.8, 4) is 0 Å². The lowest BCUT2D eigenvalue weighted by atomic mass is 10.0. The molecule has 2 aromatic rings. The number of hydrogen-bond donors (Lipinski definition) is 1. The quantitative estimate of drug-likeness (QED) is 0.672. The predicted octanol–water partition coefficient (Wildman–Crippen LogP) is 4.76. The molecule has 23 heavy (non-hydrogen) atoms. The lowest BCUT2D eigenvalue weighted by molar-refractivity contribution is 0.647. The van der Waals surface area contributed by atoms with Crippen molar-refractivity contribution >= 4 is 28.6 Å². The van der Waals surface area contributed by atoms with Gasteiger partial charge in [0.15, 0.2) is 5.82 Å². The second-order valence-electron chi connectivity index (χ2n) is 6.47. The van der Waals surface area contributed by atoms with Crippen LogP contribution in [-0.4, -0.2) is 26.0 Å². The molecule has 2 aromatic heterocycles. The summed E-state index contributed by atoms with van der Waals surface area (Å²) in [5.41, 5.74) is 10.4. The van der Waals surface area contributed by atoms with Crippen LogP contribution in [0.25, 0.3) is 11.0 Å². The van der Waals surface area contributed by atoms with Gasteiger partial charge < -0.3 is 10.3 Å². The highest BCUT2D eigenvalue weighted by Crippen LogP contribution is 2.28. The number of nitrogen functional groups attached to an aromatic ring is 1. The van der Waals surface area contributed by atoms with Gasteiger partial charge in [-0.25, -0.2) is 9.97 Å². The third-order valence-electron chi connectivity index (χ3n) is 4.19. The number of pyridine rings is 1. The fraction of sp³-hybridized carbons (Fsp3) is 0.667. The molecular formula is C18H30N4S. The van der Waals surface area contributed by atoms with Gasteiger partial charge in [0.1, 0.15) is 5.52 Å². The van der Waals surface area contributed by atoms with E-state index in [1.54, 1.807) is 0 Å². The first-order valence-electron chi connectivity index (χ1n) is 8.74. The van der Waals surface area contributed by atoms with Gasteiger partial charge in [0.05, 0.1) is 17.5 Å². The minimum atomic E-state index is 0.375. The zero-order chi connectivity index (χ0) is 16.8. The van der Waals surface area contributed by atoms with E-state index in [1.807, 2.05) is 6.33 Å². The number of anilines is 1. The molecule has 0 aliphatic heterocycles. The van der Waals surface area contributed by atoms with Crippen LogP contribution in [0.2, 0.25) is 0 Å². The third-order valence-corrected chi connectivity index (χ3v) is 5.34. The van der Waals surface area contributed by atoms with Crippen molar-refractivity contribution in [2.75, 3.05) is 17.2 Å². The SMILES string of the molecule is CCCCSCCCCn1cnc2c(N)nc(C(C)C)c(C)c21. The van der Waals surface area contributed by atoms with E-state index in [-0.39, 0.29) is 0 Å². The second-order valence-corrected chi connectivity index (χ2v) is 7.69. The molecule has 5 heteroatoms. The Morgan fingerprint density at radius 1 is 1.22 bits per heavy atom. The Hall–Kier alpha value is -1.23. The number of aromatic nitrogens is 3. The molecule has 0 atom stereocenters. The number of nitrogens with zero attached hydrogens (tertiary/aromatic N) is 3. The van der Waals surface area contributed by atoms with E-state index >= 15 is 0 Å². The molecule has 2 rings (SSSR count). The Labute approximate surface area is 144 Å². The molecule has 0 aliphatic rings. The van der Waals surface area contributed by atoms with Gasteiger partial charge in [-0.15, -0.1) is 0 Å². The topological polar surface area (TPSA) is 56.7 Å². The number of nitrogens with two attached hydrogens (primary N) is 1. The van der Waals surface area contributed by atoms with E-state index in [1.165, 1.54) is 48.3 Å². The molecule has 4 nitrogen and oxygen atoms in total. The molecule has 0 unspecified atom stereocenters. The molecule has 0 radical (unpaired) electrons. The van der Waals surface area contributed by atoms with Gasteiger partial charge in [0.2, 0.25) is 0 Å². The van der Waals surface area contributed by atoms with Crippen molar-refractivity contribution in [3.63, 3.8) is 0 Å². The van der Waals surface area contributed by atoms with Crippen LogP contribution in [0, 0.1) is 6.92 Å². The number of fused-ring (bicyclic) bond motifs is 1. The zero-order valence-corrected chi connectivity index (χ0v) is 15.7. The summed E-state index contributed by atoms with van der Waals surface area (Å²) in [7, 11) is 0. The molecule has 0 saturated heterocycles. The first-order valence-corrected chi connectivity index (χ1v) is 9.90. The fourth-order valence-corrected chi connectivity index (χ4v) is 4.02. The van der Waals surface area contributed by atoms with Crippen molar-refractivity contribution in [2.24, 2.45) is 0 Å². The van der Waals surface area contributed by atoms with E-state index in [9.17, 15) is 0 Å². The smallest absolute Gasteiger partial charge is 0.151 e. The minimum absolute atomic E-state index is 0.375. The number of rotatable bonds is 9. The molecule has 0 fully saturated rings. The highest BCUT2D eigenvalue weighted by Gasteiger charge is 2.16. The normalized spacial score (nSPS) is 11.7. The summed E-state index contributed by atoms with van der Waals surface area (Å²) in [4.78, 5) is 9.04. The van der Waals surface area contributed by atoms with Crippen molar-refractivity contribution in [3.05, 3.63) is 17.6 Å². The first-order chi connectivity index (χ1) is 11.1. The molecule has 128 valence electrons. The van der Waals surface area contributed by atoms with Crippen LogP contribution in [0.3, 0.4) is 0 Å². The maximum absolute atomic E-state index is 6.11. The van der Waals surface area contributed by atoms with Crippen LogP contribution >= 0.6 is 11.8 Å². The maximum Gasteiger partial charge on any atom is 0.151 e. The standard InChI is InChI=1S/C18H30N4S/c1-5-6-10-23-11-8-7-9-22-12-20-16-17(22)14(4)15(13(2)3)21-18(16)19/h12-13H,5-11H2,1-4H3,(H2,19,21). The van der Waals surface area contributed by atoms with Crippen molar-refractivity contribution in [1.82, 2.24) is 14.5 Å². The molecule has 2 N–H and O–H groups in total. The molecule has 0 aromatic carbocycles. The number of unbranched alkanes of at least 4 members (excludes halogenated alkanes) is 2. The summed E-state index contributed by atoms with van der Waals surface area (Å²) >= 11 is 2.08. The Bertz CT molecular complexity index is 633. The van der Waals surface area contributed by atoms with E-state index in [0.717, 1.165) is 17.8 Å². The molecule has 0 saturated carbocycles. The van der Waals surface area contributed by atoms with Crippen LogP contribution in [0.15, 0.2) is 6.33 Å². The molecule has 2 heterocycles. The van der Waals surface area contributed by atoms with Gasteiger partial charge >= 0.3 is 0 Å². The van der Waals surface area contributed by atoms with Gasteiger partial charge in [-0.3, -0.25) is 0 Å². The monoisotopic (exact) mass is 334 g/mol. The Kier molecular flexibility index (Phi) is 6.75. The van der Waals surface area contributed by atoms with Gasteiger partial charge in [-0.2, -0.15) is 11.8 Å². The van der Waals surface area contributed by atoms with Gasteiger partial charge in [-0.1, -0.05) is 27.2 Å². The summed E-state index contributed by atoms with van der Waals surface area (Å²) in [5, 5.41) is 0. The minimum Gasteiger partial charge on any atom is -0.382 e. The number of imidazole rings is 1. The molecule has 0 aliphatic carbocycles. The lowest BCUT2D eigenvalue weighted by Crippen LogP contribution is -2.05. The summed E-state index contributed by atoms with van der Waals surface area (Å²) in [6, 6.07) is 0. The number of aryl methyl sites for hydroxylation is 2. The van der Waals surface area contributed by atoms with Crippen LogP contribution in [-0.2, 0) is 6.54 Å². The molecule has 0 amide bonds. The van der Waals surface area contributed by atoms with Crippen LogP contribution in [0.5, 0.6) is 0 Å². The molecule has 0 spiro atoms. The Morgan fingerprint density at radius 3 is 2.65 bits per heavy atom.